The summed E-state index contributed by atoms with van der Waals surface area (Å²) >= 11 is 0. The van der Waals surface area contributed by atoms with Crippen molar-refractivity contribution < 1.29 is 26.3 Å². The normalized spacial score (nSPS) is 20.1. The maximum Gasteiger partial charge on any atom is 0.390 e. The summed E-state index contributed by atoms with van der Waals surface area (Å²) in [5, 5.41) is 0. The number of aromatic nitrogens is 2. The molecule has 152 valence electrons. The fourth-order valence-corrected chi connectivity index (χ4v) is 4.47. The second-order valence-corrected chi connectivity index (χ2v) is 8.47. The monoisotopic (exact) mass is 409 g/mol. The van der Waals surface area contributed by atoms with Crippen molar-refractivity contribution in [2.45, 2.75) is 12.6 Å². The maximum atomic E-state index is 12.3. The molecule has 0 bridgehead atoms. The molecule has 3 rings (SSSR count). The fraction of sp³-hybridized carbons (Fsp3) is 0.733. The standard InChI is InChI=1S/C15H22F3N5O3S/c16-15(17,18)2-12-27(24,25)23-6-4-21(5-7-23)13-1-3-19-14(20-13)22-8-10-26-11-9-22/h1,3H,2,4-12H2. The average Bonchev–Trinajstić information content (AvgIpc) is 2.67. The molecule has 0 aliphatic carbocycles. The van der Waals surface area contributed by atoms with E-state index in [2.05, 4.69) is 9.97 Å². The van der Waals surface area contributed by atoms with Crippen molar-refractivity contribution >= 4 is 21.8 Å². The van der Waals surface area contributed by atoms with Crippen molar-refractivity contribution in [1.29, 1.82) is 0 Å². The smallest absolute Gasteiger partial charge is 0.378 e. The molecule has 0 spiro atoms. The van der Waals surface area contributed by atoms with E-state index in [-0.39, 0.29) is 13.1 Å². The second-order valence-electron chi connectivity index (χ2n) is 6.38. The van der Waals surface area contributed by atoms with Crippen LogP contribution < -0.4 is 9.80 Å². The topological polar surface area (TPSA) is 78.9 Å². The zero-order valence-electron chi connectivity index (χ0n) is 14.7. The summed E-state index contributed by atoms with van der Waals surface area (Å²) in [5.41, 5.74) is 0. The van der Waals surface area contributed by atoms with E-state index >= 15 is 0 Å². The lowest BCUT2D eigenvalue weighted by molar-refractivity contribution is -0.130. The van der Waals surface area contributed by atoms with E-state index in [0.717, 1.165) is 4.31 Å². The molecule has 8 nitrogen and oxygen atoms in total. The van der Waals surface area contributed by atoms with Crippen molar-refractivity contribution in [3.8, 4) is 0 Å². The third-order valence-electron chi connectivity index (χ3n) is 4.52. The van der Waals surface area contributed by atoms with Gasteiger partial charge in [0.05, 0.1) is 25.4 Å². The van der Waals surface area contributed by atoms with E-state index < -0.39 is 28.4 Å². The van der Waals surface area contributed by atoms with Gasteiger partial charge in [0.15, 0.2) is 0 Å². The molecule has 2 saturated heterocycles. The molecule has 0 saturated carbocycles. The molecule has 0 N–H and O–H groups in total. The molecule has 0 radical (unpaired) electrons. The number of anilines is 2. The van der Waals surface area contributed by atoms with Gasteiger partial charge in [-0.25, -0.2) is 13.4 Å². The minimum absolute atomic E-state index is 0.136. The summed E-state index contributed by atoms with van der Waals surface area (Å²) in [6.45, 7) is 3.64. The third kappa shape index (κ3) is 5.42. The average molecular weight is 409 g/mol. The Bertz CT molecular complexity index is 732. The number of ether oxygens (including phenoxy) is 1. The van der Waals surface area contributed by atoms with E-state index in [9.17, 15) is 21.6 Å². The lowest BCUT2D eigenvalue weighted by Gasteiger charge is -2.35. The molecule has 1 aromatic rings. The fourth-order valence-electron chi connectivity index (χ4n) is 3.00. The van der Waals surface area contributed by atoms with E-state index in [1.54, 1.807) is 12.3 Å². The Morgan fingerprint density at radius 3 is 2.33 bits per heavy atom. The van der Waals surface area contributed by atoms with Gasteiger partial charge in [-0.05, 0) is 6.07 Å². The zero-order valence-corrected chi connectivity index (χ0v) is 15.5. The summed E-state index contributed by atoms with van der Waals surface area (Å²) < 4.78 is 67.6. The van der Waals surface area contributed by atoms with Gasteiger partial charge in [0.1, 0.15) is 5.82 Å². The number of morpholine rings is 1. The zero-order chi connectivity index (χ0) is 19.5. The highest BCUT2D eigenvalue weighted by atomic mass is 32.2. The lowest BCUT2D eigenvalue weighted by Crippen LogP contribution is -2.50. The molecule has 0 aromatic carbocycles. The molecule has 0 amide bonds. The van der Waals surface area contributed by atoms with Crippen molar-refractivity contribution in [2.24, 2.45) is 0 Å². The Balaban J connectivity index is 1.59. The highest BCUT2D eigenvalue weighted by Crippen LogP contribution is 2.23. The molecule has 2 aliphatic rings. The van der Waals surface area contributed by atoms with Crippen LogP contribution in [0.15, 0.2) is 12.3 Å². The Labute approximate surface area is 156 Å². The number of halogens is 3. The third-order valence-corrected chi connectivity index (χ3v) is 6.39. The largest absolute Gasteiger partial charge is 0.390 e. The van der Waals surface area contributed by atoms with Crippen LogP contribution in [0.25, 0.3) is 0 Å². The summed E-state index contributed by atoms with van der Waals surface area (Å²) in [6, 6.07) is 1.75. The highest BCUT2D eigenvalue weighted by Gasteiger charge is 2.34. The van der Waals surface area contributed by atoms with Crippen molar-refractivity contribution in [3.05, 3.63) is 12.3 Å². The first-order chi connectivity index (χ1) is 12.7. The molecule has 2 fully saturated rings. The molecule has 3 heterocycles. The number of piperazine rings is 1. The van der Waals surface area contributed by atoms with E-state index in [1.165, 1.54) is 0 Å². The van der Waals surface area contributed by atoms with Gasteiger partial charge in [-0.3, -0.25) is 0 Å². The SMILES string of the molecule is O=S(=O)(CCC(F)(F)F)N1CCN(c2ccnc(N3CCOCC3)n2)CC1. The highest BCUT2D eigenvalue weighted by molar-refractivity contribution is 7.89. The molecule has 0 atom stereocenters. The van der Waals surface area contributed by atoms with Crippen LogP contribution in [-0.2, 0) is 14.8 Å². The first-order valence-corrected chi connectivity index (χ1v) is 10.3. The number of sulfonamides is 1. The van der Waals surface area contributed by atoms with E-state index in [1.807, 2.05) is 9.80 Å². The molecular weight excluding hydrogens is 387 g/mol. The van der Waals surface area contributed by atoms with E-state index in [4.69, 9.17) is 4.74 Å². The molecule has 0 unspecified atom stereocenters. The van der Waals surface area contributed by atoms with Gasteiger partial charge in [0.2, 0.25) is 16.0 Å². The summed E-state index contributed by atoms with van der Waals surface area (Å²) in [4.78, 5) is 12.8. The molecule has 12 heteroatoms. The van der Waals surface area contributed by atoms with Gasteiger partial charge in [0.25, 0.3) is 0 Å². The molecule has 1 aromatic heterocycles. The van der Waals surface area contributed by atoms with Crippen LogP contribution in [0.1, 0.15) is 6.42 Å². The van der Waals surface area contributed by atoms with Crippen LogP contribution in [0.2, 0.25) is 0 Å². The van der Waals surface area contributed by atoms with Gasteiger partial charge < -0.3 is 14.5 Å². The van der Waals surface area contributed by atoms with Crippen LogP contribution in [-0.4, -0.2) is 87.1 Å². The van der Waals surface area contributed by atoms with Gasteiger partial charge in [-0.1, -0.05) is 0 Å². The Kier molecular flexibility index (Phi) is 6.06. The predicted octanol–water partition coefficient (Wildman–Crippen LogP) is 0.717. The summed E-state index contributed by atoms with van der Waals surface area (Å²) in [7, 11) is -3.92. The Morgan fingerprint density at radius 2 is 1.70 bits per heavy atom. The van der Waals surface area contributed by atoms with Gasteiger partial charge in [0, 0.05) is 45.5 Å². The van der Waals surface area contributed by atoms with Crippen LogP contribution in [0.3, 0.4) is 0 Å². The van der Waals surface area contributed by atoms with Crippen molar-refractivity contribution in [3.63, 3.8) is 0 Å². The van der Waals surface area contributed by atoms with Crippen LogP contribution >= 0.6 is 0 Å². The molecule has 2 aliphatic heterocycles. The summed E-state index contributed by atoms with van der Waals surface area (Å²) in [6.07, 6.45) is -4.16. The Hall–Kier alpha value is -1.66. The van der Waals surface area contributed by atoms with Crippen LogP contribution in [0.4, 0.5) is 24.9 Å². The van der Waals surface area contributed by atoms with Crippen LogP contribution in [0, 0.1) is 0 Å². The maximum absolute atomic E-state index is 12.3. The van der Waals surface area contributed by atoms with Crippen molar-refractivity contribution in [1.82, 2.24) is 14.3 Å². The Morgan fingerprint density at radius 1 is 1.04 bits per heavy atom. The summed E-state index contributed by atoms with van der Waals surface area (Å²) in [5.74, 6) is 0.361. The number of alkyl halides is 3. The minimum atomic E-state index is -4.48. The number of hydrogen-bond acceptors (Lipinski definition) is 7. The number of rotatable bonds is 5. The van der Waals surface area contributed by atoms with Gasteiger partial charge >= 0.3 is 6.18 Å². The predicted molar refractivity (Wildman–Crippen MR) is 93.3 cm³/mol. The molecule has 27 heavy (non-hydrogen) atoms. The van der Waals surface area contributed by atoms with Crippen LogP contribution in [0.5, 0.6) is 0 Å². The van der Waals surface area contributed by atoms with Gasteiger partial charge in [-0.15, -0.1) is 0 Å². The lowest BCUT2D eigenvalue weighted by atomic mass is 10.3. The first-order valence-electron chi connectivity index (χ1n) is 8.70. The van der Waals surface area contributed by atoms with Gasteiger partial charge in [-0.2, -0.15) is 22.5 Å². The first kappa shape index (κ1) is 20.1. The second kappa shape index (κ2) is 8.15. The minimum Gasteiger partial charge on any atom is -0.378 e. The quantitative estimate of drug-likeness (QED) is 0.709. The molecular formula is C15H22F3N5O3S. The number of nitrogens with zero attached hydrogens (tertiary/aromatic N) is 5. The van der Waals surface area contributed by atoms with Crippen molar-refractivity contribution in [2.75, 3.05) is 68.0 Å². The number of hydrogen-bond donors (Lipinski definition) is 0. The van der Waals surface area contributed by atoms with E-state index in [0.29, 0.717) is 51.2 Å².